The number of hydrogen-bond donors (Lipinski definition) is 0. The van der Waals surface area contributed by atoms with Crippen LogP contribution in [-0.2, 0) is 21.3 Å². The van der Waals surface area contributed by atoms with Crippen LogP contribution < -0.4 is 4.80 Å². The largest absolute Gasteiger partial charge is 0.380 e. The van der Waals surface area contributed by atoms with Gasteiger partial charge in [-0.25, -0.2) is 8.42 Å². The molecule has 0 fully saturated rings. The van der Waals surface area contributed by atoms with Gasteiger partial charge in [0, 0.05) is 31.8 Å². The average molecular weight is 490 g/mol. The summed E-state index contributed by atoms with van der Waals surface area (Å²) < 4.78 is 35.4. The third-order valence-corrected chi connectivity index (χ3v) is 8.51. The Hall–Kier alpha value is -2.33. The molecule has 0 bridgehead atoms. The monoisotopic (exact) mass is 489 g/mol. The number of aryl methyl sites for hydroxylation is 2. The van der Waals surface area contributed by atoms with Crippen LogP contribution >= 0.6 is 11.3 Å². The molecule has 0 saturated heterocycles. The van der Waals surface area contributed by atoms with Gasteiger partial charge in [-0.1, -0.05) is 31.3 Å². The van der Waals surface area contributed by atoms with E-state index in [2.05, 4.69) is 24.0 Å². The van der Waals surface area contributed by atoms with Gasteiger partial charge in [-0.3, -0.25) is 4.79 Å². The van der Waals surface area contributed by atoms with Crippen LogP contribution in [0.1, 0.15) is 42.3 Å². The summed E-state index contributed by atoms with van der Waals surface area (Å²) in [5.41, 5.74) is 3.67. The first-order valence-electron chi connectivity index (χ1n) is 11.1. The van der Waals surface area contributed by atoms with Gasteiger partial charge >= 0.3 is 0 Å². The summed E-state index contributed by atoms with van der Waals surface area (Å²) in [7, 11) is -3.57. The van der Waals surface area contributed by atoms with Gasteiger partial charge in [0.05, 0.1) is 21.7 Å². The summed E-state index contributed by atoms with van der Waals surface area (Å²) in [6.07, 6.45) is 0. The molecule has 7 nitrogen and oxygen atoms in total. The van der Waals surface area contributed by atoms with Crippen molar-refractivity contribution in [3.8, 4) is 0 Å². The fraction of sp³-hybridized carbons (Fsp3) is 0.417. The fourth-order valence-electron chi connectivity index (χ4n) is 3.82. The maximum absolute atomic E-state index is 13.0. The van der Waals surface area contributed by atoms with E-state index in [1.807, 2.05) is 18.4 Å². The molecule has 0 aliphatic heterocycles. The number of rotatable bonds is 9. The van der Waals surface area contributed by atoms with Crippen LogP contribution in [0.15, 0.2) is 46.3 Å². The van der Waals surface area contributed by atoms with Gasteiger partial charge in [0.2, 0.25) is 10.0 Å². The maximum Gasteiger partial charge on any atom is 0.279 e. The first-order chi connectivity index (χ1) is 15.7. The van der Waals surface area contributed by atoms with Crippen LogP contribution in [0.4, 0.5) is 0 Å². The molecule has 0 aliphatic carbocycles. The Morgan fingerprint density at radius 2 is 1.76 bits per heavy atom. The minimum absolute atomic E-state index is 0.169. The number of carbonyl (C=O) groups is 1. The number of fused-ring (bicyclic) bond motifs is 1. The molecule has 3 aromatic rings. The third-order valence-electron chi connectivity index (χ3n) is 5.42. The van der Waals surface area contributed by atoms with Crippen molar-refractivity contribution < 1.29 is 17.9 Å². The molecule has 0 N–H and O–H groups in total. The number of benzene rings is 2. The predicted molar refractivity (Wildman–Crippen MR) is 132 cm³/mol. The van der Waals surface area contributed by atoms with Crippen LogP contribution in [0.3, 0.4) is 0 Å². The van der Waals surface area contributed by atoms with Crippen LogP contribution in [-0.4, -0.2) is 49.5 Å². The summed E-state index contributed by atoms with van der Waals surface area (Å²) in [5, 5.41) is 0. The van der Waals surface area contributed by atoms with E-state index in [1.54, 1.807) is 13.8 Å². The molecular weight excluding hydrogens is 458 g/mol. The Balaban J connectivity index is 2.00. The predicted octanol–water partition coefficient (Wildman–Crippen LogP) is 4.13. The molecule has 3 rings (SSSR count). The number of carbonyl (C=O) groups excluding carboxylic acids is 1. The summed E-state index contributed by atoms with van der Waals surface area (Å²) in [6.45, 7) is 12.2. The minimum atomic E-state index is -3.57. The van der Waals surface area contributed by atoms with Gasteiger partial charge < -0.3 is 9.30 Å². The van der Waals surface area contributed by atoms with E-state index in [1.165, 1.54) is 39.9 Å². The molecule has 1 heterocycles. The topological polar surface area (TPSA) is 81.0 Å². The number of aromatic nitrogens is 1. The molecule has 0 aliphatic rings. The highest BCUT2D eigenvalue weighted by Gasteiger charge is 2.21. The van der Waals surface area contributed by atoms with E-state index in [0.29, 0.717) is 43.2 Å². The summed E-state index contributed by atoms with van der Waals surface area (Å²) in [5.74, 6) is -0.409. The Morgan fingerprint density at radius 3 is 2.36 bits per heavy atom. The number of thiazole rings is 1. The number of amides is 1. The first kappa shape index (κ1) is 25.3. The average Bonchev–Trinajstić information content (AvgIpc) is 3.11. The molecule has 33 heavy (non-hydrogen) atoms. The van der Waals surface area contributed by atoms with E-state index < -0.39 is 15.9 Å². The van der Waals surface area contributed by atoms with Crippen molar-refractivity contribution in [3.63, 3.8) is 0 Å². The van der Waals surface area contributed by atoms with Gasteiger partial charge in [0.15, 0.2) is 4.80 Å². The van der Waals surface area contributed by atoms with E-state index in [4.69, 9.17) is 4.74 Å². The number of sulfonamides is 1. The van der Waals surface area contributed by atoms with Crippen LogP contribution in [0.25, 0.3) is 10.2 Å². The highest BCUT2D eigenvalue weighted by molar-refractivity contribution is 7.89. The quantitative estimate of drug-likeness (QED) is 0.423. The van der Waals surface area contributed by atoms with Crippen molar-refractivity contribution in [3.05, 3.63) is 57.9 Å². The van der Waals surface area contributed by atoms with Gasteiger partial charge in [-0.2, -0.15) is 9.30 Å². The zero-order valence-corrected chi connectivity index (χ0v) is 21.4. The van der Waals surface area contributed by atoms with Crippen molar-refractivity contribution in [2.75, 3.05) is 26.3 Å². The van der Waals surface area contributed by atoms with Crippen molar-refractivity contribution in [2.45, 2.75) is 46.1 Å². The summed E-state index contributed by atoms with van der Waals surface area (Å²) >= 11 is 1.47. The smallest absolute Gasteiger partial charge is 0.279 e. The minimum Gasteiger partial charge on any atom is -0.380 e. The molecule has 0 atom stereocenters. The van der Waals surface area contributed by atoms with Gasteiger partial charge in [-0.05, 0) is 62.2 Å². The summed E-state index contributed by atoms with van der Waals surface area (Å²) in [6, 6.07) is 10.2. The molecule has 0 unspecified atom stereocenters. The zero-order valence-electron chi connectivity index (χ0n) is 19.8. The standard InChI is InChI=1S/C24H31N3O4S2/c1-6-26(7-2)33(29,30)20-11-9-19(10-12-20)23(28)25-24-27(13-14-31-8-3)22-18(5)15-17(4)16-21(22)32-24/h9-12,15-16H,6-8,13-14H2,1-5H3. The van der Waals surface area contributed by atoms with E-state index >= 15 is 0 Å². The van der Waals surface area contributed by atoms with Crippen molar-refractivity contribution in [1.29, 1.82) is 0 Å². The normalized spacial score (nSPS) is 12.7. The molecule has 178 valence electrons. The van der Waals surface area contributed by atoms with Crippen LogP contribution in [0.2, 0.25) is 0 Å². The SMILES string of the molecule is CCOCCn1c(=NC(=O)c2ccc(S(=O)(=O)N(CC)CC)cc2)sc2cc(C)cc(C)c21. The molecule has 1 amide bonds. The first-order valence-corrected chi connectivity index (χ1v) is 13.4. The number of hydrogen-bond acceptors (Lipinski definition) is 5. The highest BCUT2D eigenvalue weighted by Crippen LogP contribution is 2.23. The van der Waals surface area contributed by atoms with Gasteiger partial charge in [0.1, 0.15) is 0 Å². The maximum atomic E-state index is 13.0. The lowest BCUT2D eigenvalue weighted by Gasteiger charge is -2.18. The fourth-order valence-corrected chi connectivity index (χ4v) is 6.51. The lowest BCUT2D eigenvalue weighted by atomic mass is 10.1. The third kappa shape index (κ3) is 5.43. The zero-order chi connectivity index (χ0) is 24.2. The molecule has 9 heteroatoms. The number of ether oxygens (including phenoxy) is 1. The molecule has 0 spiro atoms. The molecule has 0 radical (unpaired) electrons. The lowest BCUT2D eigenvalue weighted by Crippen LogP contribution is -2.30. The Labute approximate surface area is 199 Å². The molecule has 0 saturated carbocycles. The highest BCUT2D eigenvalue weighted by atomic mass is 32.2. The van der Waals surface area contributed by atoms with E-state index in [-0.39, 0.29) is 4.90 Å². The van der Waals surface area contributed by atoms with Gasteiger partial charge in [0.25, 0.3) is 5.91 Å². The Morgan fingerprint density at radius 1 is 1.09 bits per heavy atom. The lowest BCUT2D eigenvalue weighted by molar-refractivity contribution is 0.0996. The second-order valence-electron chi connectivity index (χ2n) is 7.69. The Bertz CT molecular complexity index is 1300. The Kier molecular flexibility index (Phi) is 8.23. The van der Waals surface area contributed by atoms with Crippen LogP contribution in [0.5, 0.6) is 0 Å². The summed E-state index contributed by atoms with van der Waals surface area (Å²) in [4.78, 5) is 18.1. The molecular formula is C24H31N3O4S2. The van der Waals surface area contributed by atoms with Crippen LogP contribution in [0, 0.1) is 13.8 Å². The molecule has 2 aromatic carbocycles. The van der Waals surface area contributed by atoms with Crippen molar-refractivity contribution in [2.24, 2.45) is 4.99 Å². The van der Waals surface area contributed by atoms with Crippen molar-refractivity contribution >= 4 is 37.5 Å². The second-order valence-corrected chi connectivity index (χ2v) is 10.6. The molecule has 1 aromatic heterocycles. The van der Waals surface area contributed by atoms with Gasteiger partial charge in [-0.15, -0.1) is 0 Å². The number of nitrogens with zero attached hydrogens (tertiary/aromatic N) is 3. The van der Waals surface area contributed by atoms with Crippen molar-refractivity contribution in [1.82, 2.24) is 8.87 Å². The van der Waals surface area contributed by atoms with E-state index in [9.17, 15) is 13.2 Å². The van der Waals surface area contributed by atoms with E-state index in [0.717, 1.165) is 21.3 Å². The second kappa shape index (κ2) is 10.7.